The van der Waals surface area contributed by atoms with E-state index in [2.05, 4.69) is 15.5 Å². The van der Waals surface area contributed by atoms with E-state index in [4.69, 9.17) is 4.74 Å². The van der Waals surface area contributed by atoms with Crippen molar-refractivity contribution in [2.75, 3.05) is 11.9 Å². The average molecular weight is 209 g/mol. The van der Waals surface area contributed by atoms with Gasteiger partial charge in [0, 0.05) is 18.4 Å². The van der Waals surface area contributed by atoms with Crippen molar-refractivity contribution in [3.63, 3.8) is 0 Å². The lowest BCUT2D eigenvalue weighted by atomic mass is 10.1. The van der Waals surface area contributed by atoms with Crippen molar-refractivity contribution >= 4 is 11.7 Å². The van der Waals surface area contributed by atoms with Crippen LogP contribution in [0.15, 0.2) is 6.07 Å². The molecule has 1 aliphatic rings. The number of nitrogens with zero attached hydrogens (tertiary/aromatic N) is 1. The van der Waals surface area contributed by atoms with Crippen molar-refractivity contribution in [2.45, 2.75) is 32.3 Å². The summed E-state index contributed by atoms with van der Waals surface area (Å²) >= 11 is 0. The monoisotopic (exact) mass is 209 g/mol. The van der Waals surface area contributed by atoms with Crippen LogP contribution in [0.2, 0.25) is 0 Å². The minimum Gasteiger partial charge on any atom is -0.368 e. The molecule has 0 radical (unpaired) electrons. The molecule has 2 N–H and O–H groups in total. The topological polar surface area (TPSA) is 67.0 Å². The minimum absolute atomic E-state index is 0.0961. The molecule has 5 heteroatoms. The van der Waals surface area contributed by atoms with Crippen molar-refractivity contribution in [3.8, 4) is 0 Å². The summed E-state index contributed by atoms with van der Waals surface area (Å²) in [6.07, 6.45) is 2.59. The number of aromatic nitrogens is 2. The summed E-state index contributed by atoms with van der Waals surface area (Å²) in [7, 11) is 0. The highest BCUT2D eigenvalue weighted by Crippen LogP contribution is 2.14. The first-order valence-corrected chi connectivity index (χ1v) is 5.20. The summed E-state index contributed by atoms with van der Waals surface area (Å²) in [5.41, 5.74) is 0.926. The summed E-state index contributed by atoms with van der Waals surface area (Å²) in [4.78, 5) is 11.7. The summed E-state index contributed by atoms with van der Waals surface area (Å²) in [6, 6.07) is 1.79. The number of aromatic amines is 1. The summed E-state index contributed by atoms with van der Waals surface area (Å²) in [6.45, 7) is 2.57. The van der Waals surface area contributed by atoms with E-state index in [0.29, 0.717) is 12.4 Å². The van der Waals surface area contributed by atoms with Gasteiger partial charge in [-0.1, -0.05) is 0 Å². The van der Waals surface area contributed by atoms with Crippen molar-refractivity contribution in [3.05, 3.63) is 11.8 Å². The molecule has 2 heterocycles. The van der Waals surface area contributed by atoms with Crippen LogP contribution in [0.25, 0.3) is 0 Å². The molecular formula is C10H15N3O2. The SMILES string of the molecule is Cc1cc(NC(=O)C2CCCCO2)n[nH]1. The Balaban J connectivity index is 1.91. The van der Waals surface area contributed by atoms with Gasteiger partial charge in [0.25, 0.3) is 5.91 Å². The lowest BCUT2D eigenvalue weighted by Gasteiger charge is -2.20. The Bertz CT molecular complexity index is 342. The normalized spacial score (nSPS) is 21.3. The van der Waals surface area contributed by atoms with Gasteiger partial charge in [-0.2, -0.15) is 5.10 Å². The second-order valence-electron chi connectivity index (χ2n) is 3.78. The second kappa shape index (κ2) is 4.44. The van der Waals surface area contributed by atoms with Gasteiger partial charge >= 0.3 is 0 Å². The Morgan fingerprint density at radius 1 is 1.67 bits per heavy atom. The molecule has 1 aromatic rings. The summed E-state index contributed by atoms with van der Waals surface area (Å²) in [5, 5.41) is 9.44. The van der Waals surface area contributed by atoms with Crippen LogP contribution in [-0.4, -0.2) is 28.8 Å². The van der Waals surface area contributed by atoms with Crippen LogP contribution >= 0.6 is 0 Å². The fourth-order valence-corrected chi connectivity index (χ4v) is 1.64. The molecule has 82 valence electrons. The number of carbonyl (C=O) groups excluding carboxylic acids is 1. The summed E-state index contributed by atoms with van der Waals surface area (Å²) < 4.78 is 5.37. The highest BCUT2D eigenvalue weighted by Gasteiger charge is 2.22. The van der Waals surface area contributed by atoms with Crippen LogP contribution in [0, 0.1) is 6.92 Å². The minimum atomic E-state index is -0.309. The molecule has 0 aliphatic carbocycles. The third kappa shape index (κ3) is 2.56. The molecule has 15 heavy (non-hydrogen) atoms. The molecule has 0 aromatic carbocycles. The Kier molecular flexibility index (Phi) is 3.01. The second-order valence-corrected chi connectivity index (χ2v) is 3.78. The van der Waals surface area contributed by atoms with Gasteiger partial charge < -0.3 is 10.1 Å². The molecule has 0 bridgehead atoms. The molecule has 1 unspecified atom stereocenters. The molecule has 5 nitrogen and oxygen atoms in total. The molecular weight excluding hydrogens is 194 g/mol. The molecule has 1 atom stereocenters. The molecule has 2 rings (SSSR count). The first-order valence-electron chi connectivity index (χ1n) is 5.20. The van der Waals surface area contributed by atoms with Crippen LogP contribution in [0.1, 0.15) is 25.0 Å². The van der Waals surface area contributed by atoms with Gasteiger partial charge in [-0.3, -0.25) is 9.89 Å². The smallest absolute Gasteiger partial charge is 0.254 e. The van der Waals surface area contributed by atoms with E-state index in [1.54, 1.807) is 6.07 Å². The van der Waals surface area contributed by atoms with Gasteiger partial charge in [-0.25, -0.2) is 0 Å². The quantitative estimate of drug-likeness (QED) is 0.769. The van der Waals surface area contributed by atoms with Gasteiger partial charge in [0.15, 0.2) is 5.82 Å². The number of aryl methyl sites for hydroxylation is 1. The maximum atomic E-state index is 11.7. The number of ether oxygens (including phenoxy) is 1. The van der Waals surface area contributed by atoms with Crippen LogP contribution in [0.4, 0.5) is 5.82 Å². The van der Waals surface area contributed by atoms with Crippen LogP contribution in [0.3, 0.4) is 0 Å². The van der Waals surface area contributed by atoms with Crippen LogP contribution < -0.4 is 5.32 Å². The molecule has 1 saturated heterocycles. The van der Waals surface area contributed by atoms with E-state index in [9.17, 15) is 4.79 Å². The zero-order chi connectivity index (χ0) is 10.7. The molecule has 1 amide bonds. The average Bonchev–Trinajstić information content (AvgIpc) is 2.65. The Morgan fingerprint density at radius 3 is 3.13 bits per heavy atom. The highest BCUT2D eigenvalue weighted by atomic mass is 16.5. The van der Waals surface area contributed by atoms with E-state index in [0.717, 1.165) is 25.0 Å². The largest absolute Gasteiger partial charge is 0.368 e. The number of hydrogen-bond donors (Lipinski definition) is 2. The zero-order valence-corrected chi connectivity index (χ0v) is 8.75. The van der Waals surface area contributed by atoms with Crippen LogP contribution in [0.5, 0.6) is 0 Å². The molecule has 0 saturated carbocycles. The fourth-order valence-electron chi connectivity index (χ4n) is 1.64. The third-order valence-electron chi connectivity index (χ3n) is 2.43. The maximum Gasteiger partial charge on any atom is 0.254 e. The predicted molar refractivity (Wildman–Crippen MR) is 55.5 cm³/mol. The van der Waals surface area contributed by atoms with Gasteiger partial charge in [0.1, 0.15) is 6.10 Å². The van der Waals surface area contributed by atoms with E-state index in [1.807, 2.05) is 6.92 Å². The fraction of sp³-hybridized carbons (Fsp3) is 0.600. The van der Waals surface area contributed by atoms with Gasteiger partial charge in [-0.05, 0) is 26.2 Å². The Morgan fingerprint density at radius 2 is 2.53 bits per heavy atom. The van der Waals surface area contributed by atoms with E-state index in [1.165, 1.54) is 0 Å². The Hall–Kier alpha value is -1.36. The molecule has 1 fully saturated rings. The molecule has 1 aromatic heterocycles. The Labute approximate surface area is 88.2 Å². The third-order valence-corrected chi connectivity index (χ3v) is 2.43. The molecule has 0 spiro atoms. The lowest BCUT2D eigenvalue weighted by molar-refractivity contribution is -0.130. The lowest BCUT2D eigenvalue weighted by Crippen LogP contribution is -2.33. The van der Waals surface area contributed by atoms with E-state index < -0.39 is 0 Å². The predicted octanol–water partition coefficient (Wildman–Crippen LogP) is 1.23. The first-order chi connectivity index (χ1) is 7.25. The first kappa shape index (κ1) is 10.2. The zero-order valence-electron chi connectivity index (χ0n) is 8.75. The molecule has 1 aliphatic heterocycles. The number of carbonyl (C=O) groups is 1. The number of amides is 1. The van der Waals surface area contributed by atoms with Crippen molar-refractivity contribution in [1.82, 2.24) is 10.2 Å². The number of H-pyrrole nitrogens is 1. The number of rotatable bonds is 2. The van der Waals surface area contributed by atoms with E-state index in [-0.39, 0.29) is 12.0 Å². The number of anilines is 1. The van der Waals surface area contributed by atoms with E-state index >= 15 is 0 Å². The van der Waals surface area contributed by atoms with Gasteiger partial charge in [0.05, 0.1) is 0 Å². The van der Waals surface area contributed by atoms with Gasteiger partial charge in [-0.15, -0.1) is 0 Å². The number of hydrogen-bond acceptors (Lipinski definition) is 3. The van der Waals surface area contributed by atoms with Crippen molar-refractivity contribution in [2.24, 2.45) is 0 Å². The van der Waals surface area contributed by atoms with Gasteiger partial charge in [0.2, 0.25) is 0 Å². The van der Waals surface area contributed by atoms with Crippen LogP contribution in [-0.2, 0) is 9.53 Å². The highest BCUT2D eigenvalue weighted by molar-refractivity contribution is 5.93. The summed E-state index contributed by atoms with van der Waals surface area (Å²) in [5.74, 6) is 0.466. The van der Waals surface area contributed by atoms with Crippen molar-refractivity contribution < 1.29 is 9.53 Å². The van der Waals surface area contributed by atoms with Crippen molar-refractivity contribution in [1.29, 1.82) is 0 Å². The standard InChI is InChI=1S/C10H15N3O2/c1-7-6-9(13-12-7)11-10(14)8-4-2-3-5-15-8/h6,8H,2-5H2,1H3,(H2,11,12,13,14). The number of nitrogens with one attached hydrogen (secondary N) is 2. The maximum absolute atomic E-state index is 11.7.